The summed E-state index contributed by atoms with van der Waals surface area (Å²) in [5.41, 5.74) is 3.92. The summed E-state index contributed by atoms with van der Waals surface area (Å²) < 4.78 is 5.50. The first-order valence-corrected chi connectivity index (χ1v) is 11.2. The molecule has 0 spiro atoms. The maximum absolute atomic E-state index is 5.50. The van der Waals surface area contributed by atoms with Crippen molar-refractivity contribution in [1.82, 2.24) is 9.97 Å². The Bertz CT molecular complexity index is 976. The fourth-order valence-electron chi connectivity index (χ4n) is 4.23. The standard InChI is InChI=1S/C22H26N4OS/c1-2-15-6-8-16(9-7-15)23-21-20-17-4-3-5-18(17)28-22(20)25-19(24-21)14-26-10-12-27-13-11-26/h6-9H,2-5,10-14H2,1H3,(H,23,24,25)/p+1. The van der Waals surface area contributed by atoms with Crippen molar-refractivity contribution in [2.24, 2.45) is 0 Å². The van der Waals surface area contributed by atoms with Crippen LogP contribution in [0.3, 0.4) is 0 Å². The Balaban J connectivity index is 1.51. The van der Waals surface area contributed by atoms with Crippen LogP contribution < -0.4 is 10.2 Å². The lowest BCUT2D eigenvalue weighted by Gasteiger charge is -2.23. The molecule has 0 unspecified atom stereocenters. The van der Waals surface area contributed by atoms with Crippen LogP contribution in [0, 0.1) is 0 Å². The third-order valence-corrected chi connectivity index (χ3v) is 7.03. The molecule has 0 saturated carbocycles. The lowest BCUT2D eigenvalue weighted by Crippen LogP contribution is -3.12. The molecule has 1 aromatic carbocycles. The largest absolute Gasteiger partial charge is 0.370 e. The van der Waals surface area contributed by atoms with Gasteiger partial charge in [0, 0.05) is 10.6 Å². The Kier molecular flexibility index (Phi) is 5.01. The van der Waals surface area contributed by atoms with Gasteiger partial charge in [-0.3, -0.25) is 0 Å². The van der Waals surface area contributed by atoms with Crippen LogP contribution in [0.5, 0.6) is 0 Å². The fraction of sp³-hybridized carbons (Fsp3) is 0.455. The average Bonchev–Trinajstić information content (AvgIpc) is 3.30. The summed E-state index contributed by atoms with van der Waals surface area (Å²) in [4.78, 5) is 14.1. The summed E-state index contributed by atoms with van der Waals surface area (Å²) in [6, 6.07) is 8.70. The molecule has 28 heavy (non-hydrogen) atoms. The second-order valence-corrected chi connectivity index (χ2v) is 8.82. The topological polar surface area (TPSA) is 51.5 Å². The van der Waals surface area contributed by atoms with Crippen molar-refractivity contribution in [1.29, 1.82) is 0 Å². The predicted octanol–water partition coefficient (Wildman–Crippen LogP) is 2.90. The molecule has 5 nitrogen and oxygen atoms in total. The van der Waals surface area contributed by atoms with E-state index < -0.39 is 0 Å². The van der Waals surface area contributed by atoms with Crippen LogP contribution in [0.2, 0.25) is 0 Å². The maximum Gasteiger partial charge on any atom is 0.187 e. The van der Waals surface area contributed by atoms with Gasteiger partial charge in [0.2, 0.25) is 0 Å². The van der Waals surface area contributed by atoms with E-state index in [-0.39, 0.29) is 0 Å². The number of fused-ring (bicyclic) bond motifs is 3. The number of thiophene rings is 1. The number of ether oxygens (including phenoxy) is 1. The van der Waals surface area contributed by atoms with Crippen molar-refractivity contribution in [2.45, 2.75) is 39.2 Å². The summed E-state index contributed by atoms with van der Waals surface area (Å²) in [6.45, 7) is 6.78. The molecule has 1 aliphatic carbocycles. The van der Waals surface area contributed by atoms with Gasteiger partial charge in [-0.2, -0.15) is 0 Å². The molecular weight excluding hydrogens is 368 g/mol. The van der Waals surface area contributed by atoms with E-state index in [0.29, 0.717) is 0 Å². The second kappa shape index (κ2) is 7.78. The molecule has 1 aliphatic heterocycles. The molecule has 5 rings (SSSR count). The molecule has 2 N–H and O–H groups in total. The van der Waals surface area contributed by atoms with E-state index in [0.717, 1.165) is 67.8 Å². The lowest BCUT2D eigenvalue weighted by atomic mass is 10.1. The van der Waals surface area contributed by atoms with Crippen LogP contribution in [-0.4, -0.2) is 36.3 Å². The summed E-state index contributed by atoms with van der Waals surface area (Å²) in [6.07, 6.45) is 4.64. The van der Waals surface area contributed by atoms with Crippen molar-refractivity contribution < 1.29 is 9.64 Å². The number of hydrogen-bond donors (Lipinski definition) is 2. The Labute approximate surface area is 169 Å². The Morgan fingerprint density at radius 3 is 2.71 bits per heavy atom. The van der Waals surface area contributed by atoms with E-state index in [1.807, 2.05) is 11.3 Å². The molecule has 1 saturated heterocycles. The first kappa shape index (κ1) is 18.0. The number of hydrogen-bond acceptors (Lipinski definition) is 5. The van der Waals surface area contributed by atoms with Gasteiger partial charge in [0.25, 0.3) is 0 Å². The molecule has 6 heteroatoms. The van der Waals surface area contributed by atoms with E-state index in [9.17, 15) is 0 Å². The SMILES string of the molecule is CCc1ccc(Nc2nc(C[NH+]3CCOCC3)nc3sc4c(c23)CCC4)cc1. The van der Waals surface area contributed by atoms with Gasteiger partial charge in [0.1, 0.15) is 30.3 Å². The van der Waals surface area contributed by atoms with Gasteiger partial charge in [-0.15, -0.1) is 11.3 Å². The molecule has 0 radical (unpaired) electrons. The Morgan fingerprint density at radius 1 is 1.11 bits per heavy atom. The molecule has 2 aliphatic rings. The number of rotatable bonds is 5. The molecule has 3 heterocycles. The number of benzene rings is 1. The highest BCUT2D eigenvalue weighted by molar-refractivity contribution is 7.19. The zero-order valence-corrected chi connectivity index (χ0v) is 17.2. The summed E-state index contributed by atoms with van der Waals surface area (Å²) in [5, 5.41) is 4.86. The number of nitrogens with zero attached hydrogens (tertiary/aromatic N) is 2. The highest BCUT2D eigenvalue weighted by Gasteiger charge is 2.24. The quantitative estimate of drug-likeness (QED) is 0.698. The normalized spacial score (nSPS) is 17.2. The highest BCUT2D eigenvalue weighted by Crippen LogP contribution is 2.40. The minimum absolute atomic E-state index is 0.833. The molecule has 3 aromatic rings. The Morgan fingerprint density at radius 2 is 1.93 bits per heavy atom. The molecular formula is C22H27N4OS+. The fourth-order valence-corrected chi connectivity index (χ4v) is 5.51. The van der Waals surface area contributed by atoms with Crippen molar-refractivity contribution in [3.63, 3.8) is 0 Å². The van der Waals surface area contributed by atoms with Crippen molar-refractivity contribution in [3.05, 3.63) is 46.1 Å². The number of aromatic nitrogens is 2. The number of quaternary nitrogens is 1. The number of aryl methyl sites for hydroxylation is 3. The van der Waals surface area contributed by atoms with Crippen LogP contribution in [0.25, 0.3) is 10.2 Å². The maximum atomic E-state index is 5.50. The van der Waals surface area contributed by atoms with E-state index in [1.165, 1.54) is 39.1 Å². The summed E-state index contributed by atoms with van der Waals surface area (Å²) >= 11 is 1.87. The predicted molar refractivity (Wildman–Crippen MR) is 114 cm³/mol. The number of anilines is 2. The lowest BCUT2D eigenvalue weighted by molar-refractivity contribution is -0.922. The first-order chi connectivity index (χ1) is 13.8. The van der Waals surface area contributed by atoms with Crippen LogP contribution in [0.15, 0.2) is 24.3 Å². The molecule has 146 valence electrons. The van der Waals surface area contributed by atoms with E-state index >= 15 is 0 Å². The number of nitrogens with one attached hydrogen (secondary N) is 2. The van der Waals surface area contributed by atoms with Gasteiger partial charge < -0.3 is 15.0 Å². The Hall–Kier alpha value is -2.02. The minimum atomic E-state index is 0.833. The molecule has 0 atom stereocenters. The highest BCUT2D eigenvalue weighted by atomic mass is 32.1. The molecule has 2 aromatic heterocycles. The zero-order valence-electron chi connectivity index (χ0n) is 16.4. The van der Waals surface area contributed by atoms with Crippen LogP contribution in [-0.2, 0) is 30.5 Å². The van der Waals surface area contributed by atoms with Crippen LogP contribution in [0.4, 0.5) is 11.5 Å². The van der Waals surface area contributed by atoms with E-state index in [1.54, 1.807) is 0 Å². The van der Waals surface area contributed by atoms with Gasteiger partial charge in [-0.25, -0.2) is 9.97 Å². The van der Waals surface area contributed by atoms with Gasteiger partial charge in [0.05, 0.1) is 18.6 Å². The zero-order chi connectivity index (χ0) is 18.9. The molecule has 0 bridgehead atoms. The van der Waals surface area contributed by atoms with Crippen molar-refractivity contribution in [2.75, 3.05) is 31.6 Å². The smallest absolute Gasteiger partial charge is 0.187 e. The first-order valence-electron chi connectivity index (χ1n) is 10.4. The van der Waals surface area contributed by atoms with Gasteiger partial charge in [0.15, 0.2) is 5.82 Å². The molecule has 0 amide bonds. The monoisotopic (exact) mass is 395 g/mol. The van der Waals surface area contributed by atoms with Crippen LogP contribution in [0.1, 0.15) is 35.2 Å². The third kappa shape index (κ3) is 3.52. The second-order valence-electron chi connectivity index (χ2n) is 7.74. The van der Waals surface area contributed by atoms with Gasteiger partial charge >= 0.3 is 0 Å². The minimum Gasteiger partial charge on any atom is -0.370 e. The van der Waals surface area contributed by atoms with E-state index in [2.05, 4.69) is 36.5 Å². The molecule has 1 fully saturated rings. The summed E-state index contributed by atoms with van der Waals surface area (Å²) in [7, 11) is 0. The van der Waals surface area contributed by atoms with Gasteiger partial charge in [-0.05, 0) is 48.9 Å². The number of morpholine rings is 1. The van der Waals surface area contributed by atoms with Crippen molar-refractivity contribution in [3.8, 4) is 0 Å². The van der Waals surface area contributed by atoms with E-state index in [4.69, 9.17) is 14.7 Å². The average molecular weight is 396 g/mol. The third-order valence-electron chi connectivity index (χ3n) is 5.84. The summed E-state index contributed by atoms with van der Waals surface area (Å²) in [5.74, 6) is 1.92. The van der Waals surface area contributed by atoms with Crippen molar-refractivity contribution >= 4 is 33.1 Å². The van der Waals surface area contributed by atoms with Gasteiger partial charge in [-0.1, -0.05) is 19.1 Å². The van der Waals surface area contributed by atoms with Crippen LogP contribution >= 0.6 is 11.3 Å².